The zero-order chi connectivity index (χ0) is 17.8. The monoisotopic (exact) mass is 381 g/mol. The van der Waals surface area contributed by atoms with Gasteiger partial charge in [0, 0.05) is 19.2 Å². The van der Waals surface area contributed by atoms with Crippen molar-refractivity contribution in [2.45, 2.75) is 44.8 Å². The molecule has 6 heteroatoms. The van der Waals surface area contributed by atoms with Crippen LogP contribution >= 0.6 is 23.8 Å². The lowest BCUT2D eigenvalue weighted by Crippen LogP contribution is -2.50. The predicted molar refractivity (Wildman–Crippen MR) is 109 cm³/mol. The molecule has 2 saturated heterocycles. The van der Waals surface area contributed by atoms with E-state index in [0.717, 1.165) is 73.3 Å². The van der Waals surface area contributed by atoms with E-state index in [0.29, 0.717) is 6.04 Å². The van der Waals surface area contributed by atoms with Crippen molar-refractivity contribution in [2.24, 2.45) is 0 Å². The first-order valence-corrected chi connectivity index (χ1v) is 9.96. The first kappa shape index (κ1) is 18.9. The van der Waals surface area contributed by atoms with E-state index in [1.807, 2.05) is 25.1 Å². The van der Waals surface area contributed by atoms with Gasteiger partial charge in [-0.15, -0.1) is 0 Å². The maximum atomic E-state index is 6.45. The van der Waals surface area contributed by atoms with E-state index in [2.05, 4.69) is 22.2 Å². The van der Waals surface area contributed by atoms with Gasteiger partial charge in [-0.1, -0.05) is 23.7 Å². The maximum absolute atomic E-state index is 6.45. The zero-order valence-electron chi connectivity index (χ0n) is 15.1. The van der Waals surface area contributed by atoms with Crippen LogP contribution < -0.4 is 5.32 Å². The third kappa shape index (κ3) is 4.85. The molecule has 1 aromatic carbocycles. The van der Waals surface area contributed by atoms with Crippen molar-refractivity contribution < 1.29 is 4.74 Å². The molecule has 0 saturated carbocycles. The molecule has 1 unspecified atom stereocenters. The van der Waals surface area contributed by atoms with E-state index in [1.54, 1.807) is 0 Å². The number of aryl methyl sites for hydroxylation is 1. The van der Waals surface area contributed by atoms with Crippen molar-refractivity contribution in [3.8, 4) is 0 Å². The quantitative estimate of drug-likeness (QED) is 0.798. The number of anilines is 1. The van der Waals surface area contributed by atoms with Crippen LogP contribution in [0.4, 0.5) is 5.69 Å². The lowest BCUT2D eigenvalue weighted by molar-refractivity contribution is 0.0724. The molecule has 138 valence electrons. The van der Waals surface area contributed by atoms with Crippen LogP contribution in [-0.4, -0.2) is 60.3 Å². The second-order valence-electron chi connectivity index (χ2n) is 7.19. The molecule has 4 nitrogen and oxygen atoms in total. The van der Waals surface area contributed by atoms with Gasteiger partial charge in [-0.25, -0.2) is 0 Å². The molecule has 2 aliphatic rings. The Bertz CT molecular complexity index is 598. The highest BCUT2D eigenvalue weighted by atomic mass is 35.5. The van der Waals surface area contributed by atoms with E-state index < -0.39 is 0 Å². The number of benzene rings is 1. The van der Waals surface area contributed by atoms with Crippen molar-refractivity contribution in [1.29, 1.82) is 0 Å². The molecule has 2 aliphatic heterocycles. The van der Waals surface area contributed by atoms with Crippen molar-refractivity contribution in [3.63, 3.8) is 0 Å². The van der Waals surface area contributed by atoms with Gasteiger partial charge >= 0.3 is 0 Å². The van der Waals surface area contributed by atoms with Gasteiger partial charge in [0.1, 0.15) is 0 Å². The van der Waals surface area contributed by atoms with E-state index in [4.69, 9.17) is 28.6 Å². The highest BCUT2D eigenvalue weighted by Gasteiger charge is 2.29. The molecule has 0 aliphatic carbocycles. The normalized spacial score (nSPS) is 22.1. The largest absolute Gasteiger partial charge is 0.376 e. The standard InChI is InChI=1S/C19H28ClN3OS/c1-14-5-3-7-17(18(14)20)21-19(25)23(13-16-6-4-12-24-16)15-8-10-22(2)11-9-15/h3,5,7,15-16H,4,6,8-13H2,1-2H3,(H,21,25). The minimum absolute atomic E-state index is 0.285. The summed E-state index contributed by atoms with van der Waals surface area (Å²) in [5.41, 5.74) is 1.94. The van der Waals surface area contributed by atoms with Crippen LogP contribution in [0.15, 0.2) is 18.2 Å². The number of nitrogens with one attached hydrogen (secondary N) is 1. The minimum atomic E-state index is 0.285. The third-order valence-electron chi connectivity index (χ3n) is 5.25. The van der Waals surface area contributed by atoms with Gasteiger partial charge in [0.15, 0.2) is 5.11 Å². The Balaban J connectivity index is 1.72. The molecule has 0 amide bonds. The summed E-state index contributed by atoms with van der Waals surface area (Å²) in [6.45, 7) is 5.97. The molecule has 1 aromatic rings. The topological polar surface area (TPSA) is 27.7 Å². The van der Waals surface area contributed by atoms with E-state index in [-0.39, 0.29) is 6.10 Å². The Morgan fingerprint density at radius 3 is 2.80 bits per heavy atom. The summed E-state index contributed by atoms with van der Waals surface area (Å²) < 4.78 is 5.87. The van der Waals surface area contributed by atoms with Crippen molar-refractivity contribution in [2.75, 3.05) is 38.6 Å². The van der Waals surface area contributed by atoms with Crippen LogP contribution in [0.2, 0.25) is 5.02 Å². The van der Waals surface area contributed by atoms with Gasteiger partial charge in [-0.05, 0) is 76.6 Å². The van der Waals surface area contributed by atoms with Crippen molar-refractivity contribution >= 4 is 34.6 Å². The fourth-order valence-corrected chi connectivity index (χ4v) is 4.15. The van der Waals surface area contributed by atoms with Crippen molar-refractivity contribution in [1.82, 2.24) is 9.80 Å². The number of ether oxygens (including phenoxy) is 1. The third-order valence-corrected chi connectivity index (χ3v) is 6.09. The number of rotatable bonds is 4. The average molecular weight is 382 g/mol. The van der Waals surface area contributed by atoms with Gasteiger partial charge in [0.2, 0.25) is 0 Å². The van der Waals surface area contributed by atoms with Crippen LogP contribution in [-0.2, 0) is 4.74 Å². The second-order valence-corrected chi connectivity index (χ2v) is 7.95. The van der Waals surface area contributed by atoms with Gasteiger partial charge < -0.3 is 19.9 Å². The predicted octanol–water partition coefficient (Wildman–Crippen LogP) is 3.92. The molecular weight excluding hydrogens is 354 g/mol. The van der Waals surface area contributed by atoms with Gasteiger partial charge in [0.25, 0.3) is 0 Å². The summed E-state index contributed by atoms with van der Waals surface area (Å²) in [4.78, 5) is 4.73. The van der Waals surface area contributed by atoms with Gasteiger partial charge in [-0.2, -0.15) is 0 Å². The average Bonchev–Trinajstić information content (AvgIpc) is 3.11. The van der Waals surface area contributed by atoms with Crippen LogP contribution in [0, 0.1) is 6.92 Å². The van der Waals surface area contributed by atoms with Gasteiger partial charge in [0.05, 0.1) is 16.8 Å². The number of hydrogen-bond donors (Lipinski definition) is 1. The summed E-state index contributed by atoms with van der Waals surface area (Å²) in [5.74, 6) is 0. The smallest absolute Gasteiger partial charge is 0.173 e. The fraction of sp³-hybridized carbons (Fsp3) is 0.632. The van der Waals surface area contributed by atoms with Gasteiger partial charge in [-0.3, -0.25) is 0 Å². The molecule has 3 rings (SSSR count). The van der Waals surface area contributed by atoms with Crippen LogP contribution in [0.5, 0.6) is 0 Å². The SMILES string of the molecule is Cc1cccc(NC(=S)N(CC2CCCO2)C2CCN(C)CC2)c1Cl. The van der Waals surface area contributed by atoms with Crippen LogP contribution in [0.25, 0.3) is 0 Å². The summed E-state index contributed by atoms with van der Waals surface area (Å²) in [6, 6.07) is 6.47. The second kappa shape index (κ2) is 8.67. The number of halogens is 1. The molecule has 0 spiro atoms. The molecule has 1 N–H and O–H groups in total. The number of piperidine rings is 1. The molecule has 0 radical (unpaired) electrons. The lowest BCUT2D eigenvalue weighted by atomic mass is 10.0. The Morgan fingerprint density at radius 2 is 2.12 bits per heavy atom. The summed E-state index contributed by atoms with van der Waals surface area (Å²) in [7, 11) is 2.18. The number of thiocarbonyl (C=S) groups is 1. The molecule has 0 aromatic heterocycles. The Labute approximate surface area is 161 Å². The number of hydrogen-bond acceptors (Lipinski definition) is 3. The zero-order valence-corrected chi connectivity index (χ0v) is 16.7. The van der Waals surface area contributed by atoms with Crippen LogP contribution in [0.1, 0.15) is 31.2 Å². The minimum Gasteiger partial charge on any atom is -0.376 e. The van der Waals surface area contributed by atoms with E-state index in [1.165, 1.54) is 0 Å². The number of likely N-dealkylation sites (tertiary alicyclic amines) is 1. The number of nitrogens with zero attached hydrogens (tertiary/aromatic N) is 2. The maximum Gasteiger partial charge on any atom is 0.173 e. The highest BCUT2D eigenvalue weighted by molar-refractivity contribution is 7.80. The summed E-state index contributed by atoms with van der Waals surface area (Å²) in [6.07, 6.45) is 4.82. The molecule has 2 fully saturated rings. The molecule has 25 heavy (non-hydrogen) atoms. The van der Waals surface area contributed by atoms with E-state index >= 15 is 0 Å². The molecule has 1 atom stereocenters. The van der Waals surface area contributed by atoms with E-state index in [9.17, 15) is 0 Å². The summed E-state index contributed by atoms with van der Waals surface area (Å²) >= 11 is 12.2. The highest BCUT2D eigenvalue weighted by Crippen LogP contribution is 2.27. The van der Waals surface area contributed by atoms with Crippen molar-refractivity contribution in [3.05, 3.63) is 28.8 Å². The Kier molecular flexibility index (Phi) is 6.55. The summed E-state index contributed by atoms with van der Waals surface area (Å²) in [5, 5.41) is 4.89. The lowest BCUT2D eigenvalue weighted by Gasteiger charge is -2.40. The fourth-order valence-electron chi connectivity index (χ4n) is 3.64. The molecule has 0 bridgehead atoms. The molecular formula is C19H28ClN3OS. The van der Waals surface area contributed by atoms with Crippen LogP contribution in [0.3, 0.4) is 0 Å². The first-order chi connectivity index (χ1) is 12.0. The first-order valence-electron chi connectivity index (χ1n) is 9.17. The Hall–Kier alpha value is -0.880. The Morgan fingerprint density at radius 1 is 1.36 bits per heavy atom. The molecule has 2 heterocycles.